The number of nitrogens with one attached hydrogen (secondary N) is 1. The average molecular weight is 433 g/mol. The van der Waals surface area contributed by atoms with E-state index in [1.54, 1.807) is 4.90 Å². The molecule has 4 heterocycles. The molecule has 1 aliphatic heterocycles. The van der Waals surface area contributed by atoms with Gasteiger partial charge in [-0.05, 0) is 0 Å². The van der Waals surface area contributed by atoms with Gasteiger partial charge in [-0.3, -0.25) is 24.0 Å². The molecule has 0 aromatic carbocycles. The number of aromatic nitrogens is 5. The van der Waals surface area contributed by atoms with Crippen LogP contribution in [0.1, 0.15) is 10.6 Å². The zero-order valence-corrected chi connectivity index (χ0v) is 17.4. The first kappa shape index (κ1) is 19.8. The summed E-state index contributed by atoms with van der Waals surface area (Å²) >= 11 is 1.29. The van der Waals surface area contributed by atoms with Crippen LogP contribution >= 0.6 is 11.3 Å². The summed E-state index contributed by atoms with van der Waals surface area (Å²) in [6, 6.07) is 0. The van der Waals surface area contributed by atoms with Crippen molar-refractivity contribution in [1.29, 1.82) is 0 Å². The van der Waals surface area contributed by atoms with Crippen LogP contribution in [0.3, 0.4) is 0 Å². The Morgan fingerprint density at radius 3 is 2.77 bits per heavy atom. The maximum Gasteiger partial charge on any atom is 0.413 e. The number of anilines is 1. The van der Waals surface area contributed by atoms with Gasteiger partial charge in [0.25, 0.3) is 5.56 Å². The fourth-order valence-electron chi connectivity index (χ4n) is 3.36. The van der Waals surface area contributed by atoms with E-state index in [2.05, 4.69) is 20.0 Å². The Bertz CT molecular complexity index is 1280. The SMILES string of the molecule is COC(=O)Nc1nc2c(s1)CN(C(=O)Cn1cnc3c1c(=O)n(C)c(=O)n3C)CC2. The number of ether oxygens (including phenoxy) is 1. The van der Waals surface area contributed by atoms with Gasteiger partial charge in [-0.15, -0.1) is 0 Å². The highest BCUT2D eigenvalue weighted by Crippen LogP contribution is 2.28. The molecular weight excluding hydrogens is 414 g/mol. The first-order chi connectivity index (χ1) is 14.3. The number of thiazole rings is 1. The fraction of sp³-hybridized carbons (Fsp3) is 0.412. The summed E-state index contributed by atoms with van der Waals surface area (Å²) in [7, 11) is 4.19. The molecule has 0 saturated heterocycles. The van der Waals surface area contributed by atoms with E-state index in [0.717, 1.165) is 15.1 Å². The molecule has 30 heavy (non-hydrogen) atoms. The molecule has 1 N–H and O–H groups in total. The lowest BCUT2D eigenvalue weighted by Crippen LogP contribution is -2.39. The molecule has 0 spiro atoms. The number of hydrogen-bond acceptors (Lipinski definition) is 8. The third kappa shape index (κ3) is 3.26. The van der Waals surface area contributed by atoms with Crippen molar-refractivity contribution in [2.24, 2.45) is 14.1 Å². The molecule has 1 aliphatic rings. The molecule has 0 bridgehead atoms. The maximum absolute atomic E-state index is 12.9. The molecule has 0 saturated carbocycles. The van der Waals surface area contributed by atoms with Crippen LogP contribution in [0, 0.1) is 0 Å². The molecule has 2 amide bonds. The molecule has 13 heteroatoms. The molecule has 0 unspecified atom stereocenters. The van der Waals surface area contributed by atoms with Crippen LogP contribution in [-0.4, -0.2) is 54.2 Å². The Balaban J connectivity index is 1.55. The topological polar surface area (TPSA) is 133 Å². The average Bonchev–Trinajstić information content (AvgIpc) is 3.33. The van der Waals surface area contributed by atoms with Crippen LogP contribution in [-0.2, 0) is 43.1 Å². The fourth-order valence-corrected chi connectivity index (χ4v) is 4.37. The van der Waals surface area contributed by atoms with Crippen molar-refractivity contribution in [1.82, 2.24) is 28.6 Å². The van der Waals surface area contributed by atoms with Crippen LogP contribution < -0.4 is 16.6 Å². The number of hydrogen-bond donors (Lipinski definition) is 1. The van der Waals surface area contributed by atoms with E-state index in [1.165, 1.54) is 48.0 Å². The van der Waals surface area contributed by atoms with Gasteiger partial charge in [0.1, 0.15) is 6.54 Å². The predicted molar refractivity (Wildman–Crippen MR) is 107 cm³/mol. The van der Waals surface area contributed by atoms with Gasteiger partial charge in [0.15, 0.2) is 16.3 Å². The number of imidazole rings is 1. The van der Waals surface area contributed by atoms with E-state index in [9.17, 15) is 19.2 Å². The number of rotatable bonds is 3. The van der Waals surface area contributed by atoms with E-state index in [0.29, 0.717) is 24.6 Å². The van der Waals surface area contributed by atoms with Crippen molar-refractivity contribution < 1.29 is 14.3 Å². The molecule has 0 aliphatic carbocycles. The van der Waals surface area contributed by atoms with Crippen molar-refractivity contribution in [3.05, 3.63) is 37.7 Å². The minimum atomic E-state index is -0.600. The minimum Gasteiger partial charge on any atom is -0.453 e. The Kier molecular flexibility index (Phi) is 4.89. The predicted octanol–water partition coefficient (Wildman–Crippen LogP) is -0.347. The Labute approximate surface area is 173 Å². The van der Waals surface area contributed by atoms with Gasteiger partial charge >= 0.3 is 11.8 Å². The lowest BCUT2D eigenvalue weighted by atomic mass is 10.2. The first-order valence-corrected chi connectivity index (χ1v) is 9.84. The van der Waals surface area contributed by atoms with Gasteiger partial charge in [-0.2, -0.15) is 0 Å². The van der Waals surface area contributed by atoms with Crippen molar-refractivity contribution in [3.63, 3.8) is 0 Å². The summed E-state index contributed by atoms with van der Waals surface area (Å²) in [6.45, 7) is 0.750. The molecule has 0 atom stereocenters. The largest absolute Gasteiger partial charge is 0.453 e. The van der Waals surface area contributed by atoms with Crippen molar-refractivity contribution >= 4 is 39.6 Å². The lowest BCUT2D eigenvalue weighted by molar-refractivity contribution is -0.132. The highest BCUT2D eigenvalue weighted by atomic mass is 32.1. The Morgan fingerprint density at radius 2 is 2.03 bits per heavy atom. The maximum atomic E-state index is 12.9. The zero-order chi connectivity index (χ0) is 21.6. The van der Waals surface area contributed by atoms with Gasteiger partial charge in [0, 0.05) is 31.9 Å². The zero-order valence-electron chi connectivity index (χ0n) is 16.5. The van der Waals surface area contributed by atoms with E-state index in [4.69, 9.17) is 0 Å². The number of carbonyl (C=O) groups is 2. The van der Waals surface area contributed by atoms with Gasteiger partial charge in [-0.25, -0.2) is 19.6 Å². The summed E-state index contributed by atoms with van der Waals surface area (Å²) in [4.78, 5) is 59.9. The molecular formula is C17H19N7O5S. The second-order valence-electron chi connectivity index (χ2n) is 6.82. The van der Waals surface area contributed by atoms with Crippen molar-refractivity contribution in [2.45, 2.75) is 19.5 Å². The molecule has 0 radical (unpaired) electrons. The summed E-state index contributed by atoms with van der Waals surface area (Å²) in [5, 5.41) is 2.96. The molecule has 4 rings (SSSR count). The molecule has 12 nitrogen and oxygen atoms in total. The van der Waals surface area contributed by atoms with E-state index >= 15 is 0 Å². The van der Waals surface area contributed by atoms with Crippen LogP contribution in [0.15, 0.2) is 15.9 Å². The summed E-state index contributed by atoms with van der Waals surface area (Å²) in [5.41, 5.74) is 0.299. The van der Waals surface area contributed by atoms with E-state index < -0.39 is 17.3 Å². The Morgan fingerprint density at radius 1 is 1.27 bits per heavy atom. The molecule has 3 aromatic heterocycles. The van der Waals surface area contributed by atoms with E-state index in [-0.39, 0.29) is 23.6 Å². The minimum absolute atomic E-state index is 0.0780. The summed E-state index contributed by atoms with van der Waals surface area (Å²) < 4.78 is 8.30. The molecule has 3 aromatic rings. The summed E-state index contributed by atoms with van der Waals surface area (Å²) in [6.07, 6.45) is 1.35. The van der Waals surface area contributed by atoms with Crippen LogP contribution in [0.25, 0.3) is 11.2 Å². The second-order valence-corrected chi connectivity index (χ2v) is 7.90. The Hall–Kier alpha value is -3.48. The third-order valence-corrected chi connectivity index (χ3v) is 6.00. The molecule has 158 valence electrons. The van der Waals surface area contributed by atoms with Gasteiger partial charge < -0.3 is 14.2 Å². The van der Waals surface area contributed by atoms with Gasteiger partial charge in [0.2, 0.25) is 5.91 Å². The van der Waals surface area contributed by atoms with Gasteiger partial charge in [0.05, 0.1) is 25.7 Å². The standard InChI is InChI=1S/C17H19N7O5S/c1-21-13-12(14(26)22(2)17(21)28)24(8-18-13)7-11(25)23-5-4-9-10(6-23)30-15(19-9)20-16(27)29-3/h8H,4-7H2,1-3H3,(H,19,20,27). The van der Waals surface area contributed by atoms with Crippen molar-refractivity contribution in [2.75, 3.05) is 19.0 Å². The lowest BCUT2D eigenvalue weighted by Gasteiger charge is -2.26. The van der Waals surface area contributed by atoms with Crippen LogP contribution in [0.5, 0.6) is 0 Å². The number of fused-ring (bicyclic) bond motifs is 2. The first-order valence-electron chi connectivity index (χ1n) is 9.02. The number of carbonyl (C=O) groups excluding carboxylic acids is 2. The quantitative estimate of drug-likeness (QED) is 0.597. The van der Waals surface area contributed by atoms with Crippen LogP contribution in [0.2, 0.25) is 0 Å². The summed E-state index contributed by atoms with van der Waals surface area (Å²) in [5.74, 6) is -0.188. The highest BCUT2D eigenvalue weighted by Gasteiger charge is 2.26. The highest BCUT2D eigenvalue weighted by molar-refractivity contribution is 7.15. The number of aryl methyl sites for hydroxylation is 1. The third-order valence-electron chi connectivity index (χ3n) is 5.00. The smallest absolute Gasteiger partial charge is 0.413 e. The van der Waals surface area contributed by atoms with Crippen LogP contribution in [0.4, 0.5) is 9.93 Å². The number of nitrogens with zero attached hydrogens (tertiary/aromatic N) is 6. The second kappa shape index (κ2) is 7.40. The van der Waals surface area contributed by atoms with Crippen molar-refractivity contribution in [3.8, 4) is 0 Å². The van der Waals surface area contributed by atoms with Gasteiger partial charge in [-0.1, -0.05) is 11.3 Å². The molecule has 0 fully saturated rings. The number of amides is 2. The number of methoxy groups -OCH3 is 1. The monoisotopic (exact) mass is 433 g/mol. The normalized spacial score (nSPS) is 13.4. The van der Waals surface area contributed by atoms with E-state index in [1.807, 2.05) is 0 Å².